The van der Waals surface area contributed by atoms with E-state index in [0.717, 1.165) is 6.42 Å². The molecule has 0 rings (SSSR count). The number of hydrogen-bond donors (Lipinski definition) is 0. The molecule has 0 N–H and O–H groups in total. The van der Waals surface area contributed by atoms with Crippen LogP contribution in [-0.2, 0) is 0 Å². The van der Waals surface area contributed by atoms with Crippen LogP contribution in [0.4, 0.5) is 0 Å². The second-order valence-corrected chi connectivity index (χ2v) is 1.83. The molecular weight excluding hydrogens is 108 g/mol. The van der Waals surface area contributed by atoms with Gasteiger partial charge in [0.2, 0.25) is 0 Å². The predicted molar refractivity (Wildman–Crippen MR) is 43.4 cm³/mol. The fraction of sp³-hybridized carbons (Fsp3) is 0.333. The molecule has 0 aromatic heterocycles. The van der Waals surface area contributed by atoms with Gasteiger partial charge in [-0.3, -0.25) is 0 Å². The minimum absolute atomic E-state index is 1.08. The van der Waals surface area contributed by atoms with Crippen LogP contribution in [0, 0.1) is 0 Å². The number of rotatable bonds is 3. The average molecular weight is 122 g/mol. The normalized spacial score (nSPS) is 12.4. The van der Waals surface area contributed by atoms with Gasteiger partial charge in [0.05, 0.1) is 0 Å². The monoisotopic (exact) mass is 122 g/mol. The molecule has 0 saturated carbocycles. The van der Waals surface area contributed by atoms with Crippen LogP contribution in [0.1, 0.15) is 20.3 Å². The summed E-state index contributed by atoms with van der Waals surface area (Å²) < 4.78 is 0. The van der Waals surface area contributed by atoms with Crippen molar-refractivity contribution in [2.75, 3.05) is 0 Å². The summed E-state index contributed by atoms with van der Waals surface area (Å²) >= 11 is 0. The first-order chi connectivity index (χ1) is 4.35. The SMILES string of the molecule is C=C/C=C(\C=C\C)CC. The van der Waals surface area contributed by atoms with Crippen LogP contribution < -0.4 is 0 Å². The zero-order valence-corrected chi connectivity index (χ0v) is 6.22. The van der Waals surface area contributed by atoms with Gasteiger partial charge in [0.1, 0.15) is 0 Å². The predicted octanol–water partition coefficient (Wildman–Crippen LogP) is 3.08. The molecule has 0 heterocycles. The van der Waals surface area contributed by atoms with Crippen molar-refractivity contribution < 1.29 is 0 Å². The van der Waals surface area contributed by atoms with Gasteiger partial charge in [0.25, 0.3) is 0 Å². The zero-order valence-electron chi connectivity index (χ0n) is 6.22. The van der Waals surface area contributed by atoms with Crippen molar-refractivity contribution in [3.63, 3.8) is 0 Å². The zero-order chi connectivity index (χ0) is 7.11. The molecule has 0 heteroatoms. The van der Waals surface area contributed by atoms with E-state index in [0.29, 0.717) is 0 Å². The van der Waals surface area contributed by atoms with Crippen LogP contribution in [0.2, 0.25) is 0 Å². The molecular formula is C9H14. The molecule has 0 radical (unpaired) electrons. The van der Waals surface area contributed by atoms with Crippen molar-refractivity contribution in [3.8, 4) is 0 Å². The van der Waals surface area contributed by atoms with E-state index >= 15 is 0 Å². The van der Waals surface area contributed by atoms with Crippen molar-refractivity contribution in [2.24, 2.45) is 0 Å². The lowest BCUT2D eigenvalue weighted by molar-refractivity contribution is 1.15. The van der Waals surface area contributed by atoms with Crippen LogP contribution in [0.25, 0.3) is 0 Å². The summed E-state index contributed by atoms with van der Waals surface area (Å²) in [5, 5.41) is 0. The third-order valence-electron chi connectivity index (χ3n) is 1.12. The molecule has 0 saturated heterocycles. The minimum atomic E-state index is 1.08. The Morgan fingerprint density at radius 3 is 2.56 bits per heavy atom. The fourth-order valence-corrected chi connectivity index (χ4v) is 0.657. The highest BCUT2D eigenvalue weighted by atomic mass is 13.9. The molecule has 0 aromatic rings. The Hall–Kier alpha value is -0.780. The first-order valence-electron chi connectivity index (χ1n) is 3.29. The van der Waals surface area contributed by atoms with Crippen LogP contribution in [0.15, 0.2) is 36.5 Å². The standard InChI is InChI=1S/C9H14/c1-4-7-9(6-3)8-5-2/h4-5,7-8H,1,6H2,2-3H3/b8-5+,9-7-. The highest BCUT2D eigenvalue weighted by Crippen LogP contribution is 2.01. The summed E-state index contributed by atoms with van der Waals surface area (Å²) in [5.74, 6) is 0. The summed E-state index contributed by atoms with van der Waals surface area (Å²) in [5.41, 5.74) is 1.33. The molecule has 0 nitrogen and oxygen atoms in total. The molecule has 0 aliphatic carbocycles. The van der Waals surface area contributed by atoms with Gasteiger partial charge in [-0.15, -0.1) is 0 Å². The summed E-state index contributed by atoms with van der Waals surface area (Å²) in [6, 6.07) is 0. The van der Waals surface area contributed by atoms with Gasteiger partial charge in [-0.25, -0.2) is 0 Å². The molecule has 0 atom stereocenters. The topological polar surface area (TPSA) is 0 Å². The van der Waals surface area contributed by atoms with E-state index in [1.807, 2.05) is 25.2 Å². The third-order valence-corrected chi connectivity index (χ3v) is 1.12. The van der Waals surface area contributed by atoms with Gasteiger partial charge >= 0.3 is 0 Å². The maximum atomic E-state index is 3.62. The number of hydrogen-bond acceptors (Lipinski definition) is 0. The van der Waals surface area contributed by atoms with E-state index in [9.17, 15) is 0 Å². The molecule has 0 aromatic carbocycles. The Morgan fingerprint density at radius 1 is 1.56 bits per heavy atom. The minimum Gasteiger partial charge on any atom is -0.0991 e. The van der Waals surface area contributed by atoms with Crippen LogP contribution in [0.3, 0.4) is 0 Å². The van der Waals surface area contributed by atoms with Crippen LogP contribution in [-0.4, -0.2) is 0 Å². The summed E-state index contributed by atoms with van der Waals surface area (Å²) in [7, 11) is 0. The first kappa shape index (κ1) is 8.22. The lowest BCUT2D eigenvalue weighted by Gasteiger charge is -1.90. The highest BCUT2D eigenvalue weighted by Gasteiger charge is 1.80. The number of allylic oxidation sites excluding steroid dienone is 5. The Morgan fingerprint density at radius 2 is 2.22 bits per heavy atom. The smallest absolute Gasteiger partial charge is 0.0308 e. The highest BCUT2D eigenvalue weighted by molar-refractivity contribution is 5.21. The Kier molecular flexibility index (Phi) is 4.89. The Labute approximate surface area is 57.6 Å². The van der Waals surface area contributed by atoms with E-state index in [4.69, 9.17) is 0 Å². The summed E-state index contributed by atoms with van der Waals surface area (Å²) in [6.45, 7) is 7.78. The van der Waals surface area contributed by atoms with E-state index in [1.165, 1.54) is 5.57 Å². The molecule has 0 aliphatic rings. The first-order valence-corrected chi connectivity index (χ1v) is 3.29. The van der Waals surface area contributed by atoms with E-state index in [-0.39, 0.29) is 0 Å². The Balaban J connectivity index is 3.96. The lowest BCUT2D eigenvalue weighted by atomic mass is 10.2. The van der Waals surface area contributed by atoms with Gasteiger partial charge < -0.3 is 0 Å². The molecule has 0 bridgehead atoms. The Bertz CT molecular complexity index is 127. The van der Waals surface area contributed by atoms with Gasteiger partial charge in [-0.05, 0) is 18.9 Å². The molecule has 0 amide bonds. The summed E-state index contributed by atoms with van der Waals surface area (Å²) in [6.07, 6.45) is 9.07. The molecule has 0 spiro atoms. The van der Waals surface area contributed by atoms with E-state index in [1.54, 1.807) is 0 Å². The molecule has 0 unspecified atom stereocenters. The van der Waals surface area contributed by atoms with Gasteiger partial charge in [-0.2, -0.15) is 0 Å². The van der Waals surface area contributed by atoms with Gasteiger partial charge in [-0.1, -0.05) is 37.8 Å². The third kappa shape index (κ3) is 3.77. The molecule has 0 fully saturated rings. The van der Waals surface area contributed by atoms with Crippen LogP contribution in [0.5, 0.6) is 0 Å². The summed E-state index contributed by atoms with van der Waals surface area (Å²) in [4.78, 5) is 0. The van der Waals surface area contributed by atoms with Crippen molar-refractivity contribution in [3.05, 3.63) is 36.5 Å². The quantitative estimate of drug-likeness (QED) is 0.504. The van der Waals surface area contributed by atoms with E-state index in [2.05, 4.69) is 19.6 Å². The maximum absolute atomic E-state index is 3.62. The van der Waals surface area contributed by atoms with Crippen molar-refractivity contribution in [2.45, 2.75) is 20.3 Å². The molecule has 0 aliphatic heterocycles. The average Bonchev–Trinajstić information content (AvgIpc) is 1.88. The van der Waals surface area contributed by atoms with Crippen molar-refractivity contribution >= 4 is 0 Å². The second-order valence-electron chi connectivity index (χ2n) is 1.83. The van der Waals surface area contributed by atoms with Gasteiger partial charge in [0, 0.05) is 0 Å². The fourth-order valence-electron chi connectivity index (χ4n) is 0.657. The maximum Gasteiger partial charge on any atom is -0.0308 e. The van der Waals surface area contributed by atoms with Crippen molar-refractivity contribution in [1.82, 2.24) is 0 Å². The lowest BCUT2D eigenvalue weighted by Crippen LogP contribution is -1.70. The van der Waals surface area contributed by atoms with Crippen molar-refractivity contribution in [1.29, 1.82) is 0 Å². The second kappa shape index (κ2) is 5.36. The van der Waals surface area contributed by atoms with Crippen LogP contribution >= 0.6 is 0 Å². The largest absolute Gasteiger partial charge is 0.0991 e. The van der Waals surface area contributed by atoms with Gasteiger partial charge in [0.15, 0.2) is 0 Å². The molecule has 9 heavy (non-hydrogen) atoms. The van der Waals surface area contributed by atoms with E-state index < -0.39 is 0 Å². The molecule has 50 valence electrons.